The molecule has 0 unspecified atom stereocenters. The van der Waals surface area contributed by atoms with E-state index in [1.165, 1.54) is 16.2 Å². The lowest BCUT2D eigenvalue weighted by molar-refractivity contribution is 0.00936. The van der Waals surface area contributed by atoms with Crippen LogP contribution in [-0.4, -0.2) is 81.4 Å². The van der Waals surface area contributed by atoms with Crippen LogP contribution in [0.1, 0.15) is 74.7 Å². The van der Waals surface area contributed by atoms with Gasteiger partial charge in [0.1, 0.15) is 22.3 Å². The number of ether oxygens (including phenoxy) is 2. The predicted octanol–water partition coefficient (Wildman–Crippen LogP) is 4.57. The number of carbonyl (C=O) groups excluding carboxylic acids is 4. The minimum atomic E-state index is -0.731. The van der Waals surface area contributed by atoms with Gasteiger partial charge in [0, 0.05) is 25.1 Å². The second kappa shape index (κ2) is 10.9. The zero-order valence-corrected chi connectivity index (χ0v) is 24.6. The number of fused-ring (bicyclic) bond motifs is 2. The van der Waals surface area contributed by atoms with Crippen LogP contribution in [0.4, 0.5) is 4.79 Å². The lowest BCUT2D eigenvalue weighted by Gasteiger charge is -2.40. The molecular weight excluding hydrogens is 556 g/mol. The molecule has 10 nitrogen and oxygen atoms in total. The fourth-order valence-electron chi connectivity index (χ4n) is 5.81. The molecule has 3 aliphatic heterocycles. The highest BCUT2D eigenvalue weighted by atomic mass is 32.1. The molecule has 11 heteroatoms. The van der Waals surface area contributed by atoms with E-state index in [4.69, 9.17) is 9.47 Å². The summed E-state index contributed by atoms with van der Waals surface area (Å²) < 4.78 is 12.3. The number of thiazole rings is 1. The van der Waals surface area contributed by atoms with E-state index in [2.05, 4.69) is 4.98 Å². The predicted molar refractivity (Wildman–Crippen MR) is 155 cm³/mol. The molecule has 0 saturated carbocycles. The number of benzene rings is 2. The molecule has 0 bridgehead atoms. The Hall–Kier alpha value is -4.25. The molecule has 0 N–H and O–H groups in total. The van der Waals surface area contributed by atoms with Gasteiger partial charge in [0.05, 0.1) is 42.0 Å². The van der Waals surface area contributed by atoms with Gasteiger partial charge in [0.25, 0.3) is 17.7 Å². The standard InChI is InChI=1S/C31H32N4O6S/c1-31(2,3)41-30(39)34-14-11-19-7-6-10-24(40-20-12-13-33(16-20)29(38)25-15-32-18-42-25)26(19)23(34)17-35-27(36)21-8-4-5-9-22(21)28(35)37/h4-10,15,18,20,23H,11-14,16-17H2,1-3H3/t20-,23+/m0/s1. The number of hydrogen-bond donors (Lipinski definition) is 0. The van der Waals surface area contributed by atoms with Gasteiger partial charge in [0.2, 0.25) is 0 Å². The first kappa shape index (κ1) is 27.9. The Labute approximate surface area is 247 Å². The highest BCUT2D eigenvalue weighted by Crippen LogP contribution is 2.40. The zero-order valence-electron chi connectivity index (χ0n) is 23.7. The van der Waals surface area contributed by atoms with Crippen molar-refractivity contribution >= 4 is 35.2 Å². The second-order valence-electron chi connectivity index (χ2n) is 11.7. The van der Waals surface area contributed by atoms with Crippen molar-refractivity contribution in [3.05, 3.63) is 81.3 Å². The molecule has 1 fully saturated rings. The Morgan fingerprint density at radius 3 is 2.43 bits per heavy atom. The Balaban J connectivity index is 1.31. The summed E-state index contributed by atoms with van der Waals surface area (Å²) in [5, 5.41) is 0. The van der Waals surface area contributed by atoms with E-state index >= 15 is 0 Å². The maximum absolute atomic E-state index is 13.5. The highest BCUT2D eigenvalue weighted by Gasteiger charge is 2.43. The van der Waals surface area contributed by atoms with Crippen LogP contribution in [0.15, 0.2) is 54.2 Å². The number of imide groups is 1. The van der Waals surface area contributed by atoms with Crippen molar-refractivity contribution in [1.29, 1.82) is 0 Å². The molecule has 6 rings (SSSR count). The smallest absolute Gasteiger partial charge is 0.410 e. The first-order valence-corrected chi connectivity index (χ1v) is 14.9. The number of aromatic nitrogens is 1. The van der Waals surface area contributed by atoms with Crippen LogP contribution in [0.25, 0.3) is 0 Å². The Bertz CT molecular complexity index is 1510. The van der Waals surface area contributed by atoms with Gasteiger partial charge in [-0.15, -0.1) is 11.3 Å². The summed E-state index contributed by atoms with van der Waals surface area (Å²) in [5.74, 6) is -0.283. The molecule has 0 radical (unpaired) electrons. The quantitative estimate of drug-likeness (QED) is 0.402. The molecular formula is C31H32N4O6S. The summed E-state index contributed by atoms with van der Waals surface area (Å²) in [6.45, 7) is 6.69. The van der Waals surface area contributed by atoms with Gasteiger partial charge in [-0.2, -0.15) is 0 Å². The summed E-state index contributed by atoms with van der Waals surface area (Å²) in [7, 11) is 0. The molecule has 2 atom stereocenters. The van der Waals surface area contributed by atoms with Crippen LogP contribution in [0.2, 0.25) is 0 Å². The number of likely N-dealkylation sites (tertiary alicyclic amines) is 1. The largest absolute Gasteiger partial charge is 0.488 e. The number of carbonyl (C=O) groups is 4. The third-order valence-electron chi connectivity index (χ3n) is 7.72. The van der Waals surface area contributed by atoms with Gasteiger partial charge >= 0.3 is 6.09 Å². The van der Waals surface area contributed by atoms with E-state index in [-0.39, 0.29) is 18.6 Å². The first-order valence-electron chi connectivity index (χ1n) is 14.0. The van der Waals surface area contributed by atoms with E-state index in [0.717, 1.165) is 11.1 Å². The molecule has 1 aromatic heterocycles. The van der Waals surface area contributed by atoms with Gasteiger partial charge in [0.15, 0.2) is 0 Å². The van der Waals surface area contributed by atoms with Gasteiger partial charge in [-0.05, 0) is 51.0 Å². The third-order valence-corrected chi connectivity index (χ3v) is 8.48. The molecule has 218 valence electrons. The van der Waals surface area contributed by atoms with Crippen LogP contribution in [-0.2, 0) is 11.2 Å². The minimum absolute atomic E-state index is 0.0420. The van der Waals surface area contributed by atoms with Crippen molar-refractivity contribution in [2.45, 2.75) is 51.4 Å². The van der Waals surface area contributed by atoms with E-state index < -0.39 is 29.6 Å². The van der Waals surface area contributed by atoms with Crippen LogP contribution >= 0.6 is 11.3 Å². The van der Waals surface area contributed by atoms with E-state index in [9.17, 15) is 19.2 Å². The molecule has 1 saturated heterocycles. The maximum atomic E-state index is 13.5. The van der Waals surface area contributed by atoms with Crippen molar-refractivity contribution in [3.8, 4) is 5.75 Å². The van der Waals surface area contributed by atoms with E-state index in [1.807, 2.05) is 18.2 Å². The average molecular weight is 589 g/mol. The Morgan fingerprint density at radius 1 is 1.02 bits per heavy atom. The lowest BCUT2D eigenvalue weighted by Crippen LogP contribution is -2.48. The zero-order chi connectivity index (χ0) is 29.6. The Morgan fingerprint density at radius 2 is 1.76 bits per heavy atom. The average Bonchev–Trinajstić information content (AvgIpc) is 3.71. The summed E-state index contributed by atoms with van der Waals surface area (Å²) in [6.07, 6.45) is 2.00. The molecule has 4 heterocycles. The van der Waals surface area contributed by atoms with E-state index in [1.54, 1.807) is 66.5 Å². The molecule has 42 heavy (non-hydrogen) atoms. The first-order chi connectivity index (χ1) is 20.1. The van der Waals surface area contributed by atoms with Crippen molar-refractivity contribution in [2.75, 3.05) is 26.2 Å². The molecule has 0 spiro atoms. The van der Waals surface area contributed by atoms with Gasteiger partial charge < -0.3 is 14.4 Å². The second-order valence-corrected chi connectivity index (χ2v) is 12.6. The van der Waals surface area contributed by atoms with Crippen LogP contribution in [0, 0.1) is 0 Å². The third kappa shape index (κ3) is 5.24. The van der Waals surface area contributed by atoms with Gasteiger partial charge in [-0.1, -0.05) is 24.3 Å². The fourth-order valence-corrected chi connectivity index (χ4v) is 6.40. The monoisotopic (exact) mass is 588 g/mol. The van der Waals surface area contributed by atoms with Crippen LogP contribution in [0.5, 0.6) is 5.75 Å². The summed E-state index contributed by atoms with van der Waals surface area (Å²) in [5.41, 5.74) is 3.33. The number of rotatable bonds is 5. The summed E-state index contributed by atoms with van der Waals surface area (Å²) in [4.78, 5) is 62.3. The topological polar surface area (TPSA) is 109 Å². The Kier molecular flexibility index (Phi) is 7.22. The number of nitrogens with zero attached hydrogens (tertiary/aromatic N) is 4. The summed E-state index contributed by atoms with van der Waals surface area (Å²) >= 11 is 1.31. The number of hydrogen-bond acceptors (Lipinski definition) is 8. The van der Waals surface area contributed by atoms with Crippen LogP contribution < -0.4 is 4.74 Å². The normalized spacial score (nSPS) is 20.0. The van der Waals surface area contributed by atoms with Crippen molar-refractivity contribution in [1.82, 2.24) is 19.7 Å². The van der Waals surface area contributed by atoms with Crippen molar-refractivity contribution in [3.63, 3.8) is 0 Å². The SMILES string of the molecule is CC(C)(C)OC(=O)N1CCc2cccc(O[C@H]3CCN(C(=O)c4cncs4)C3)c2[C@H]1CN1C(=O)c2ccccc2C1=O. The molecule has 0 aliphatic carbocycles. The fraction of sp³-hybridized carbons (Fsp3) is 0.387. The van der Waals surface area contributed by atoms with Gasteiger partial charge in [-0.25, -0.2) is 4.79 Å². The number of amides is 4. The highest BCUT2D eigenvalue weighted by molar-refractivity contribution is 7.11. The molecule has 3 aliphatic rings. The lowest BCUT2D eigenvalue weighted by atomic mass is 9.91. The van der Waals surface area contributed by atoms with Gasteiger partial charge in [-0.3, -0.25) is 29.2 Å². The van der Waals surface area contributed by atoms with Crippen molar-refractivity contribution in [2.24, 2.45) is 0 Å². The van der Waals surface area contributed by atoms with Crippen LogP contribution in [0.3, 0.4) is 0 Å². The van der Waals surface area contributed by atoms with Crippen molar-refractivity contribution < 1.29 is 28.7 Å². The summed E-state index contributed by atoms with van der Waals surface area (Å²) in [6, 6.07) is 11.8. The molecule has 2 aromatic carbocycles. The molecule has 4 amide bonds. The van der Waals surface area contributed by atoms with E-state index in [0.29, 0.717) is 54.2 Å². The maximum Gasteiger partial charge on any atom is 0.410 e. The minimum Gasteiger partial charge on any atom is -0.488 e. The molecule has 3 aromatic rings.